The van der Waals surface area contributed by atoms with E-state index >= 15 is 0 Å². The van der Waals surface area contributed by atoms with Gasteiger partial charge in [-0.2, -0.15) is 0 Å². The van der Waals surface area contributed by atoms with Crippen LogP contribution in [0, 0.1) is 5.92 Å². The Balaban J connectivity index is 1.47. The van der Waals surface area contributed by atoms with E-state index in [2.05, 4.69) is 64.5 Å². The minimum atomic E-state index is -0.288. The summed E-state index contributed by atoms with van der Waals surface area (Å²) in [5.74, 6) is 0.890. The fraction of sp³-hybridized carbons (Fsp3) is 0.364. The fourth-order valence-corrected chi connectivity index (χ4v) is 4.67. The van der Waals surface area contributed by atoms with Gasteiger partial charge in [0.25, 0.3) is 0 Å². The van der Waals surface area contributed by atoms with Gasteiger partial charge < -0.3 is 16.0 Å². The van der Waals surface area contributed by atoms with Gasteiger partial charge in [0, 0.05) is 24.9 Å². The minimum Gasteiger partial charge on any atom is -0.355 e. The molecule has 0 radical (unpaired) electrons. The highest BCUT2D eigenvalue weighted by Crippen LogP contribution is 2.54. The number of amides is 3. The molecule has 0 fully saturated rings. The number of hydrogen-bond donors (Lipinski definition) is 3. The van der Waals surface area contributed by atoms with E-state index < -0.39 is 0 Å². The number of benzene rings is 2. The predicted octanol–water partition coefficient (Wildman–Crippen LogP) is 2.72. The molecular formula is C22H25N3O2. The smallest absolute Gasteiger partial charge is 0.315 e. The highest BCUT2D eigenvalue weighted by atomic mass is 16.2. The second kappa shape index (κ2) is 7.43. The van der Waals surface area contributed by atoms with Crippen molar-refractivity contribution in [3.63, 3.8) is 0 Å². The molecule has 0 aromatic heterocycles. The Morgan fingerprint density at radius 3 is 2.07 bits per heavy atom. The van der Waals surface area contributed by atoms with Crippen molar-refractivity contribution in [3.05, 3.63) is 70.8 Å². The summed E-state index contributed by atoms with van der Waals surface area (Å²) in [6.07, 6.45) is 1.04. The van der Waals surface area contributed by atoms with E-state index in [4.69, 9.17) is 0 Å². The number of carbonyl (C=O) groups excluding carboxylic acids is 2. The van der Waals surface area contributed by atoms with Crippen molar-refractivity contribution < 1.29 is 9.59 Å². The van der Waals surface area contributed by atoms with Crippen LogP contribution in [0.5, 0.6) is 0 Å². The lowest BCUT2D eigenvalue weighted by Gasteiger charge is -2.45. The normalized spacial score (nSPS) is 21.7. The van der Waals surface area contributed by atoms with Gasteiger partial charge in [0.05, 0.1) is 6.54 Å². The van der Waals surface area contributed by atoms with Crippen molar-refractivity contribution in [1.29, 1.82) is 0 Å². The summed E-state index contributed by atoms with van der Waals surface area (Å²) in [6, 6.07) is 17.1. The first-order valence-electron chi connectivity index (χ1n) is 9.65. The topological polar surface area (TPSA) is 70.2 Å². The lowest BCUT2D eigenvalue weighted by Crippen LogP contribution is -2.45. The van der Waals surface area contributed by atoms with Crippen LogP contribution in [-0.2, 0) is 4.79 Å². The maximum atomic E-state index is 12.1. The van der Waals surface area contributed by atoms with Crippen LogP contribution in [0.2, 0.25) is 0 Å². The zero-order chi connectivity index (χ0) is 18.8. The maximum Gasteiger partial charge on any atom is 0.315 e. The van der Waals surface area contributed by atoms with E-state index in [0.29, 0.717) is 30.8 Å². The van der Waals surface area contributed by atoms with Crippen LogP contribution in [0.15, 0.2) is 48.5 Å². The van der Waals surface area contributed by atoms with E-state index in [1.807, 2.05) is 6.92 Å². The molecule has 27 heavy (non-hydrogen) atoms. The first-order chi connectivity index (χ1) is 13.2. The van der Waals surface area contributed by atoms with Crippen molar-refractivity contribution in [2.24, 2.45) is 5.92 Å². The van der Waals surface area contributed by atoms with Crippen LogP contribution in [0.1, 0.15) is 47.4 Å². The van der Waals surface area contributed by atoms with E-state index in [1.54, 1.807) is 0 Å². The van der Waals surface area contributed by atoms with Crippen LogP contribution in [0.4, 0.5) is 4.79 Å². The highest BCUT2D eigenvalue weighted by molar-refractivity contribution is 5.83. The number of likely N-dealkylation sites (N-methyl/N-ethyl adjacent to an activating group) is 1. The molecule has 3 aliphatic rings. The molecule has 0 unspecified atom stereocenters. The standard InChI is InChI=1S/C22H25N3O2/c1-2-23-20(26)13-25-22(27)24-12-14-11-19-15-7-3-5-9-17(15)21(14)18-10-6-4-8-16(18)19/h3-10,14,19,21H,2,11-13H2,1H3,(H,23,26)(H2,24,25,27)/t14-,19?,21?/m0/s1. The number of rotatable bonds is 5. The summed E-state index contributed by atoms with van der Waals surface area (Å²) < 4.78 is 0. The Morgan fingerprint density at radius 1 is 0.889 bits per heavy atom. The van der Waals surface area contributed by atoms with Crippen LogP contribution in [0.25, 0.3) is 0 Å². The average molecular weight is 363 g/mol. The molecule has 140 valence electrons. The fourth-order valence-electron chi connectivity index (χ4n) is 4.67. The van der Waals surface area contributed by atoms with Crippen LogP contribution < -0.4 is 16.0 Å². The molecule has 2 aromatic carbocycles. The lowest BCUT2D eigenvalue weighted by atomic mass is 9.59. The van der Waals surface area contributed by atoms with Crippen molar-refractivity contribution in [1.82, 2.24) is 16.0 Å². The summed E-state index contributed by atoms with van der Waals surface area (Å²) in [4.78, 5) is 23.6. The molecule has 0 aliphatic heterocycles. The van der Waals surface area contributed by atoms with Crippen LogP contribution in [-0.4, -0.2) is 31.6 Å². The van der Waals surface area contributed by atoms with Crippen LogP contribution >= 0.6 is 0 Å². The number of carbonyl (C=O) groups is 2. The SMILES string of the molecule is CCNC(=O)CNC(=O)NC[C@@H]1CC2c3ccccc3C1c1ccccc12. The van der Waals surface area contributed by atoms with Crippen molar-refractivity contribution in [2.75, 3.05) is 19.6 Å². The van der Waals surface area contributed by atoms with Crippen molar-refractivity contribution in [3.8, 4) is 0 Å². The van der Waals surface area contributed by atoms with Gasteiger partial charge in [-0.05, 0) is 41.5 Å². The monoisotopic (exact) mass is 363 g/mol. The Morgan fingerprint density at radius 2 is 1.48 bits per heavy atom. The molecule has 0 heterocycles. The van der Waals surface area contributed by atoms with E-state index in [0.717, 1.165) is 6.42 Å². The Bertz CT molecular complexity index is 817. The molecule has 5 rings (SSSR count). The van der Waals surface area contributed by atoms with Gasteiger partial charge in [-0.3, -0.25) is 4.79 Å². The van der Waals surface area contributed by atoms with Crippen molar-refractivity contribution >= 4 is 11.9 Å². The minimum absolute atomic E-state index is 0.00204. The molecular weight excluding hydrogens is 338 g/mol. The van der Waals surface area contributed by atoms with Gasteiger partial charge in [0.15, 0.2) is 0 Å². The first-order valence-corrected chi connectivity index (χ1v) is 9.65. The molecule has 5 heteroatoms. The van der Waals surface area contributed by atoms with E-state index in [1.165, 1.54) is 22.3 Å². The Labute approximate surface area is 159 Å². The van der Waals surface area contributed by atoms with Gasteiger partial charge in [-0.15, -0.1) is 0 Å². The molecule has 5 nitrogen and oxygen atoms in total. The molecule has 3 amide bonds. The van der Waals surface area contributed by atoms with Gasteiger partial charge in [0.1, 0.15) is 0 Å². The quantitative estimate of drug-likeness (QED) is 0.764. The zero-order valence-electron chi connectivity index (χ0n) is 15.5. The van der Waals surface area contributed by atoms with Crippen molar-refractivity contribution in [2.45, 2.75) is 25.2 Å². The molecule has 2 aromatic rings. The largest absolute Gasteiger partial charge is 0.355 e. The molecule has 0 saturated carbocycles. The van der Waals surface area contributed by atoms with Crippen LogP contribution in [0.3, 0.4) is 0 Å². The summed E-state index contributed by atoms with van der Waals surface area (Å²) in [5, 5.41) is 8.26. The lowest BCUT2D eigenvalue weighted by molar-refractivity contribution is -0.119. The highest BCUT2D eigenvalue weighted by Gasteiger charge is 2.42. The molecule has 0 saturated heterocycles. The second-order valence-electron chi connectivity index (χ2n) is 7.30. The summed E-state index contributed by atoms with van der Waals surface area (Å²) in [6.45, 7) is 3.02. The molecule has 3 N–H and O–H groups in total. The molecule has 1 atom stereocenters. The molecule has 2 bridgehead atoms. The van der Waals surface area contributed by atoms with E-state index in [9.17, 15) is 9.59 Å². The maximum absolute atomic E-state index is 12.1. The van der Waals surface area contributed by atoms with Gasteiger partial charge in [0.2, 0.25) is 5.91 Å². The third-order valence-electron chi connectivity index (χ3n) is 5.73. The number of fused-ring (bicyclic) bond motifs is 1. The van der Waals surface area contributed by atoms with Gasteiger partial charge in [-0.1, -0.05) is 48.5 Å². The van der Waals surface area contributed by atoms with Gasteiger partial charge >= 0.3 is 6.03 Å². The first kappa shape index (κ1) is 17.6. The third kappa shape index (κ3) is 3.29. The third-order valence-corrected chi connectivity index (χ3v) is 5.73. The average Bonchev–Trinajstić information content (AvgIpc) is 2.71. The summed E-state index contributed by atoms with van der Waals surface area (Å²) >= 11 is 0. The second-order valence-corrected chi connectivity index (χ2v) is 7.30. The predicted molar refractivity (Wildman–Crippen MR) is 105 cm³/mol. The number of urea groups is 1. The molecule has 0 spiro atoms. The van der Waals surface area contributed by atoms with E-state index in [-0.39, 0.29) is 18.5 Å². The number of nitrogens with one attached hydrogen (secondary N) is 3. The Hall–Kier alpha value is -2.82. The van der Waals surface area contributed by atoms with Gasteiger partial charge in [-0.25, -0.2) is 4.79 Å². The summed E-state index contributed by atoms with van der Waals surface area (Å²) in [7, 11) is 0. The zero-order valence-corrected chi connectivity index (χ0v) is 15.5. The molecule has 3 aliphatic carbocycles. The summed E-state index contributed by atoms with van der Waals surface area (Å²) in [5.41, 5.74) is 5.64. The number of hydrogen-bond acceptors (Lipinski definition) is 2. The Kier molecular flexibility index (Phi) is 4.84.